The molecule has 78 valence electrons. The molecule has 0 aliphatic carbocycles. The second-order valence-corrected chi connectivity index (χ2v) is 4.26. The van der Waals surface area contributed by atoms with Crippen molar-refractivity contribution in [1.82, 2.24) is 10.2 Å². The number of carboxylic acid groups (broad SMARTS) is 1. The van der Waals surface area contributed by atoms with Crippen LogP contribution in [0.3, 0.4) is 0 Å². The van der Waals surface area contributed by atoms with E-state index >= 15 is 0 Å². The van der Waals surface area contributed by atoms with Crippen LogP contribution in [0.4, 0.5) is 0 Å². The molecular formula is C9H14N2O3. The van der Waals surface area contributed by atoms with Crippen molar-refractivity contribution in [3.8, 4) is 0 Å². The summed E-state index contributed by atoms with van der Waals surface area (Å²) in [5.74, 6) is -1.05. The molecule has 0 radical (unpaired) electrons. The Bertz CT molecular complexity index is 284. The number of carbonyl (C=O) groups is 2. The molecule has 1 amide bonds. The summed E-state index contributed by atoms with van der Waals surface area (Å²) in [6, 6.07) is 0. The summed E-state index contributed by atoms with van der Waals surface area (Å²) in [6.45, 7) is 3.94. The van der Waals surface area contributed by atoms with E-state index in [2.05, 4.69) is 5.32 Å². The second-order valence-electron chi connectivity index (χ2n) is 4.26. The Hall–Kier alpha value is -1.10. The van der Waals surface area contributed by atoms with Crippen molar-refractivity contribution < 1.29 is 14.7 Å². The van der Waals surface area contributed by atoms with Crippen LogP contribution >= 0.6 is 0 Å². The Morgan fingerprint density at radius 3 is 2.64 bits per heavy atom. The summed E-state index contributed by atoms with van der Waals surface area (Å²) in [7, 11) is 0. The Kier molecular flexibility index (Phi) is 1.99. The van der Waals surface area contributed by atoms with Crippen LogP contribution in [0.25, 0.3) is 0 Å². The topological polar surface area (TPSA) is 69.6 Å². The standard InChI is InChI=1S/C9H14N2O3/c1-6(12)11-4-9(5-11)3-10-2-7(9)8(13)14/h7,10H,2-5H2,1H3,(H,13,14). The van der Waals surface area contributed by atoms with Crippen LogP contribution in [0.1, 0.15) is 6.92 Å². The van der Waals surface area contributed by atoms with E-state index in [4.69, 9.17) is 5.11 Å². The van der Waals surface area contributed by atoms with E-state index in [0.717, 1.165) is 0 Å². The molecule has 2 N–H and O–H groups in total. The van der Waals surface area contributed by atoms with Crippen molar-refractivity contribution in [2.24, 2.45) is 11.3 Å². The molecule has 2 saturated heterocycles. The number of hydrogen-bond acceptors (Lipinski definition) is 3. The number of hydrogen-bond donors (Lipinski definition) is 2. The molecule has 0 saturated carbocycles. The molecule has 0 aromatic rings. The highest BCUT2D eigenvalue weighted by Crippen LogP contribution is 2.40. The largest absolute Gasteiger partial charge is 0.481 e. The van der Waals surface area contributed by atoms with E-state index in [9.17, 15) is 9.59 Å². The number of amides is 1. The van der Waals surface area contributed by atoms with Crippen LogP contribution in [-0.4, -0.2) is 48.1 Å². The zero-order chi connectivity index (χ0) is 10.3. The summed E-state index contributed by atoms with van der Waals surface area (Å²) in [4.78, 5) is 23.6. The number of likely N-dealkylation sites (tertiary alicyclic amines) is 1. The van der Waals surface area contributed by atoms with E-state index in [0.29, 0.717) is 26.2 Å². The summed E-state index contributed by atoms with van der Waals surface area (Å²) in [5, 5.41) is 12.1. The number of nitrogens with zero attached hydrogens (tertiary/aromatic N) is 1. The molecule has 2 fully saturated rings. The average molecular weight is 198 g/mol. The minimum absolute atomic E-state index is 0.0339. The Morgan fingerprint density at radius 2 is 2.14 bits per heavy atom. The van der Waals surface area contributed by atoms with Gasteiger partial charge in [0.2, 0.25) is 5.91 Å². The lowest BCUT2D eigenvalue weighted by Gasteiger charge is -2.49. The Balaban J connectivity index is 2.05. The maximum absolute atomic E-state index is 11.0. The third-order valence-electron chi connectivity index (χ3n) is 3.32. The summed E-state index contributed by atoms with van der Waals surface area (Å²) in [6.07, 6.45) is 0. The maximum Gasteiger partial charge on any atom is 0.308 e. The fourth-order valence-corrected chi connectivity index (χ4v) is 2.42. The molecule has 0 aromatic heterocycles. The van der Waals surface area contributed by atoms with Gasteiger partial charge >= 0.3 is 5.97 Å². The molecule has 2 rings (SSSR count). The predicted octanol–water partition coefficient (Wildman–Crippen LogP) is -0.861. The number of nitrogens with one attached hydrogen (secondary N) is 1. The van der Waals surface area contributed by atoms with Gasteiger partial charge in [-0.05, 0) is 0 Å². The van der Waals surface area contributed by atoms with E-state index in [-0.39, 0.29) is 17.2 Å². The molecular weight excluding hydrogens is 184 g/mol. The minimum atomic E-state index is -0.752. The molecule has 0 bridgehead atoms. The molecule has 14 heavy (non-hydrogen) atoms. The van der Waals surface area contributed by atoms with Crippen molar-refractivity contribution >= 4 is 11.9 Å². The van der Waals surface area contributed by atoms with Gasteiger partial charge in [-0.1, -0.05) is 0 Å². The van der Waals surface area contributed by atoms with Crippen LogP contribution in [-0.2, 0) is 9.59 Å². The second kappa shape index (κ2) is 2.95. The van der Waals surface area contributed by atoms with Gasteiger partial charge in [-0.3, -0.25) is 9.59 Å². The predicted molar refractivity (Wildman–Crippen MR) is 48.7 cm³/mol. The molecule has 5 heteroatoms. The van der Waals surface area contributed by atoms with E-state index in [1.54, 1.807) is 4.90 Å². The van der Waals surface area contributed by atoms with E-state index in [1.165, 1.54) is 6.92 Å². The number of aliphatic carboxylic acids is 1. The Labute approximate surface area is 82.1 Å². The van der Waals surface area contributed by atoms with Gasteiger partial charge < -0.3 is 15.3 Å². The first-order valence-electron chi connectivity index (χ1n) is 4.74. The van der Waals surface area contributed by atoms with Gasteiger partial charge in [0, 0.05) is 38.5 Å². The quantitative estimate of drug-likeness (QED) is 0.575. The minimum Gasteiger partial charge on any atom is -0.481 e. The normalized spacial score (nSPS) is 28.9. The zero-order valence-corrected chi connectivity index (χ0v) is 8.12. The van der Waals surface area contributed by atoms with Crippen molar-refractivity contribution in [3.05, 3.63) is 0 Å². The first-order valence-corrected chi connectivity index (χ1v) is 4.74. The molecule has 1 spiro atoms. The molecule has 5 nitrogen and oxygen atoms in total. The summed E-state index contributed by atoms with van der Waals surface area (Å²) in [5.41, 5.74) is -0.197. The number of rotatable bonds is 1. The lowest BCUT2D eigenvalue weighted by Crippen LogP contribution is -2.62. The molecule has 2 aliphatic rings. The first kappa shape index (κ1) is 9.45. The van der Waals surface area contributed by atoms with E-state index in [1.807, 2.05) is 0 Å². The monoisotopic (exact) mass is 198 g/mol. The molecule has 2 heterocycles. The highest BCUT2D eigenvalue weighted by Gasteiger charge is 2.55. The maximum atomic E-state index is 11.0. The highest BCUT2D eigenvalue weighted by molar-refractivity contribution is 5.77. The highest BCUT2D eigenvalue weighted by atomic mass is 16.4. The molecule has 1 atom stereocenters. The van der Waals surface area contributed by atoms with Crippen LogP contribution in [0.5, 0.6) is 0 Å². The average Bonchev–Trinajstić information content (AvgIpc) is 2.43. The molecule has 0 aromatic carbocycles. The smallest absolute Gasteiger partial charge is 0.308 e. The van der Waals surface area contributed by atoms with Crippen molar-refractivity contribution in [2.75, 3.05) is 26.2 Å². The summed E-state index contributed by atoms with van der Waals surface area (Å²) < 4.78 is 0. The van der Waals surface area contributed by atoms with Gasteiger partial charge in [0.25, 0.3) is 0 Å². The lowest BCUT2D eigenvalue weighted by molar-refractivity contribution is -0.156. The number of carbonyl (C=O) groups excluding carboxylic acids is 1. The van der Waals surface area contributed by atoms with Crippen molar-refractivity contribution in [3.63, 3.8) is 0 Å². The lowest BCUT2D eigenvalue weighted by atomic mass is 9.71. The summed E-state index contributed by atoms with van der Waals surface area (Å²) >= 11 is 0. The van der Waals surface area contributed by atoms with Crippen molar-refractivity contribution in [1.29, 1.82) is 0 Å². The van der Waals surface area contributed by atoms with Gasteiger partial charge in [0.15, 0.2) is 0 Å². The third-order valence-corrected chi connectivity index (χ3v) is 3.32. The van der Waals surface area contributed by atoms with Crippen LogP contribution in [0.2, 0.25) is 0 Å². The van der Waals surface area contributed by atoms with Crippen LogP contribution in [0.15, 0.2) is 0 Å². The Morgan fingerprint density at radius 1 is 1.50 bits per heavy atom. The zero-order valence-electron chi connectivity index (χ0n) is 8.12. The SMILES string of the molecule is CC(=O)N1CC2(CNCC2C(=O)O)C1. The van der Waals surface area contributed by atoms with Gasteiger partial charge in [-0.15, -0.1) is 0 Å². The first-order chi connectivity index (χ1) is 6.55. The van der Waals surface area contributed by atoms with Crippen LogP contribution in [0, 0.1) is 11.3 Å². The number of carboxylic acids is 1. The van der Waals surface area contributed by atoms with Gasteiger partial charge in [0.1, 0.15) is 0 Å². The molecule has 1 unspecified atom stereocenters. The van der Waals surface area contributed by atoms with Crippen molar-refractivity contribution in [2.45, 2.75) is 6.92 Å². The van der Waals surface area contributed by atoms with Gasteiger partial charge in [-0.2, -0.15) is 0 Å². The molecule has 2 aliphatic heterocycles. The third kappa shape index (κ3) is 1.19. The fourth-order valence-electron chi connectivity index (χ4n) is 2.42. The van der Waals surface area contributed by atoms with Gasteiger partial charge in [0.05, 0.1) is 5.92 Å². The van der Waals surface area contributed by atoms with Gasteiger partial charge in [-0.25, -0.2) is 0 Å². The fraction of sp³-hybridized carbons (Fsp3) is 0.778. The van der Waals surface area contributed by atoms with Crippen LogP contribution < -0.4 is 5.32 Å². The van der Waals surface area contributed by atoms with E-state index < -0.39 is 5.97 Å².